The summed E-state index contributed by atoms with van der Waals surface area (Å²) in [5.41, 5.74) is 5.79. The van der Waals surface area contributed by atoms with Crippen LogP contribution in [0.2, 0.25) is 0 Å². The van der Waals surface area contributed by atoms with Gasteiger partial charge in [0.25, 0.3) is 0 Å². The lowest BCUT2D eigenvalue weighted by atomic mass is 10.3. The maximum Gasteiger partial charge on any atom is 0.242 e. The van der Waals surface area contributed by atoms with E-state index in [4.69, 9.17) is 10.5 Å². The minimum absolute atomic E-state index is 0.0492. The molecule has 1 amide bonds. The summed E-state index contributed by atoms with van der Waals surface area (Å²) in [6.45, 7) is 4.35. The van der Waals surface area contributed by atoms with Crippen LogP contribution in [0, 0.1) is 0 Å². The third kappa shape index (κ3) is 2.97. The van der Waals surface area contributed by atoms with Gasteiger partial charge in [-0.3, -0.25) is 4.79 Å². The lowest BCUT2D eigenvalue weighted by molar-refractivity contribution is -0.129. The van der Waals surface area contributed by atoms with E-state index in [0.717, 1.165) is 13.1 Å². The Morgan fingerprint density at radius 2 is 1.67 bits per heavy atom. The fourth-order valence-electron chi connectivity index (χ4n) is 2.34. The average Bonchev–Trinajstić information content (AvgIpc) is 2.50. The van der Waals surface area contributed by atoms with E-state index in [0.29, 0.717) is 38.2 Å². The molecule has 0 bridgehead atoms. The summed E-state index contributed by atoms with van der Waals surface area (Å²) in [5, 5.41) is 0. The zero-order chi connectivity index (χ0) is 14.8. The standard InChI is InChI=1S/C12H19N7O2/c1-17-2-3-19(8-9(17)20)12-15-10(13)14-11(16-12)18-4-6-21-7-5-18/h2-8H2,1H3,(H2,13,14,15,16). The van der Waals surface area contributed by atoms with Gasteiger partial charge in [0, 0.05) is 33.2 Å². The number of nitrogens with zero attached hydrogens (tertiary/aromatic N) is 6. The molecule has 2 N–H and O–H groups in total. The van der Waals surface area contributed by atoms with Crippen LogP contribution in [-0.4, -0.2) is 78.7 Å². The van der Waals surface area contributed by atoms with Crippen molar-refractivity contribution in [1.29, 1.82) is 0 Å². The fourth-order valence-corrected chi connectivity index (χ4v) is 2.34. The molecule has 0 spiro atoms. The molecule has 3 rings (SSSR count). The highest BCUT2D eigenvalue weighted by Crippen LogP contribution is 2.17. The largest absolute Gasteiger partial charge is 0.378 e. The van der Waals surface area contributed by atoms with Crippen molar-refractivity contribution in [2.45, 2.75) is 0 Å². The van der Waals surface area contributed by atoms with Crippen molar-refractivity contribution in [1.82, 2.24) is 19.9 Å². The van der Waals surface area contributed by atoms with Crippen molar-refractivity contribution < 1.29 is 9.53 Å². The number of carbonyl (C=O) groups excluding carboxylic acids is 1. The number of amides is 1. The summed E-state index contributed by atoms with van der Waals surface area (Å²) >= 11 is 0. The molecule has 3 heterocycles. The molecule has 2 saturated heterocycles. The van der Waals surface area contributed by atoms with Gasteiger partial charge in [0.2, 0.25) is 23.8 Å². The highest BCUT2D eigenvalue weighted by atomic mass is 16.5. The molecule has 0 atom stereocenters. The Labute approximate surface area is 122 Å². The SMILES string of the molecule is CN1CCN(c2nc(N)nc(N3CCOCC3)n2)CC1=O. The van der Waals surface area contributed by atoms with E-state index in [9.17, 15) is 4.79 Å². The molecular formula is C12H19N7O2. The van der Waals surface area contributed by atoms with Crippen molar-refractivity contribution in [3.63, 3.8) is 0 Å². The first-order chi connectivity index (χ1) is 10.1. The summed E-state index contributed by atoms with van der Waals surface area (Å²) in [7, 11) is 1.79. The van der Waals surface area contributed by atoms with Gasteiger partial charge in [-0.15, -0.1) is 0 Å². The first kappa shape index (κ1) is 13.8. The Kier molecular flexibility index (Phi) is 3.74. The molecule has 2 fully saturated rings. The number of morpholine rings is 1. The molecule has 9 heteroatoms. The summed E-state index contributed by atoms with van der Waals surface area (Å²) in [6, 6.07) is 0. The Balaban J connectivity index is 1.82. The second-order valence-electron chi connectivity index (χ2n) is 5.13. The number of rotatable bonds is 2. The lowest BCUT2D eigenvalue weighted by Crippen LogP contribution is -2.49. The van der Waals surface area contributed by atoms with Crippen LogP contribution in [0.4, 0.5) is 17.8 Å². The predicted octanol–water partition coefficient (Wildman–Crippen LogP) is -1.43. The Morgan fingerprint density at radius 3 is 2.33 bits per heavy atom. The number of hydrogen-bond donors (Lipinski definition) is 1. The van der Waals surface area contributed by atoms with Crippen molar-refractivity contribution in [2.24, 2.45) is 0 Å². The van der Waals surface area contributed by atoms with Crippen molar-refractivity contribution in [2.75, 3.05) is 68.5 Å². The first-order valence-electron chi connectivity index (χ1n) is 6.96. The van der Waals surface area contributed by atoms with Gasteiger partial charge in [0.05, 0.1) is 19.8 Å². The summed E-state index contributed by atoms with van der Waals surface area (Å²) in [6.07, 6.45) is 0. The Morgan fingerprint density at radius 1 is 1.00 bits per heavy atom. The summed E-state index contributed by atoms with van der Waals surface area (Å²) in [5.74, 6) is 1.23. The highest BCUT2D eigenvalue weighted by Gasteiger charge is 2.24. The first-order valence-corrected chi connectivity index (χ1v) is 6.96. The van der Waals surface area contributed by atoms with Crippen LogP contribution in [-0.2, 0) is 9.53 Å². The third-order valence-electron chi connectivity index (χ3n) is 3.66. The lowest BCUT2D eigenvalue weighted by Gasteiger charge is -2.32. The summed E-state index contributed by atoms with van der Waals surface area (Å²) < 4.78 is 5.32. The maximum atomic E-state index is 11.8. The molecular weight excluding hydrogens is 274 g/mol. The maximum absolute atomic E-state index is 11.8. The second-order valence-corrected chi connectivity index (χ2v) is 5.13. The number of piperazine rings is 1. The van der Waals surface area contributed by atoms with Gasteiger partial charge < -0.3 is 25.2 Å². The van der Waals surface area contributed by atoms with Crippen molar-refractivity contribution in [3.8, 4) is 0 Å². The van der Waals surface area contributed by atoms with E-state index >= 15 is 0 Å². The van der Waals surface area contributed by atoms with Gasteiger partial charge >= 0.3 is 0 Å². The average molecular weight is 293 g/mol. The van der Waals surface area contributed by atoms with Crippen LogP contribution in [0.3, 0.4) is 0 Å². The van der Waals surface area contributed by atoms with E-state index in [1.165, 1.54) is 0 Å². The van der Waals surface area contributed by atoms with Crippen molar-refractivity contribution >= 4 is 23.8 Å². The van der Waals surface area contributed by atoms with Crippen molar-refractivity contribution in [3.05, 3.63) is 0 Å². The molecule has 0 unspecified atom stereocenters. The number of nitrogen functional groups attached to an aromatic ring is 1. The van der Waals surface area contributed by atoms with Gasteiger partial charge in [-0.1, -0.05) is 0 Å². The van der Waals surface area contributed by atoms with Gasteiger partial charge in [0.15, 0.2) is 0 Å². The molecule has 0 saturated carbocycles. The zero-order valence-corrected chi connectivity index (χ0v) is 12.0. The molecule has 0 aromatic carbocycles. The van der Waals surface area contributed by atoms with Crippen LogP contribution < -0.4 is 15.5 Å². The van der Waals surface area contributed by atoms with Crippen LogP contribution in [0.25, 0.3) is 0 Å². The number of ether oxygens (including phenoxy) is 1. The second kappa shape index (κ2) is 5.68. The smallest absolute Gasteiger partial charge is 0.242 e. The normalized spacial score (nSPS) is 20.0. The predicted molar refractivity (Wildman–Crippen MR) is 77.1 cm³/mol. The van der Waals surface area contributed by atoms with E-state index in [2.05, 4.69) is 15.0 Å². The number of likely N-dealkylation sites (N-methyl/N-ethyl adjacent to an activating group) is 1. The van der Waals surface area contributed by atoms with Crippen LogP contribution in [0.15, 0.2) is 0 Å². The summed E-state index contributed by atoms with van der Waals surface area (Å²) in [4.78, 5) is 30.2. The highest BCUT2D eigenvalue weighted by molar-refractivity contribution is 5.82. The van der Waals surface area contributed by atoms with Gasteiger partial charge in [-0.25, -0.2) is 0 Å². The van der Waals surface area contributed by atoms with Crippen LogP contribution >= 0.6 is 0 Å². The van der Waals surface area contributed by atoms with E-state index in [1.54, 1.807) is 11.9 Å². The molecule has 2 aliphatic heterocycles. The van der Waals surface area contributed by atoms with Gasteiger partial charge in [0.1, 0.15) is 0 Å². The molecule has 0 aliphatic carbocycles. The number of hydrogen-bond acceptors (Lipinski definition) is 8. The van der Waals surface area contributed by atoms with E-state index < -0.39 is 0 Å². The number of carbonyl (C=O) groups is 1. The van der Waals surface area contributed by atoms with Crippen LogP contribution in [0.1, 0.15) is 0 Å². The van der Waals surface area contributed by atoms with Gasteiger partial charge in [-0.2, -0.15) is 15.0 Å². The Hall–Kier alpha value is -2.16. The third-order valence-corrected chi connectivity index (χ3v) is 3.66. The molecule has 21 heavy (non-hydrogen) atoms. The molecule has 2 aliphatic rings. The monoisotopic (exact) mass is 293 g/mol. The van der Waals surface area contributed by atoms with E-state index in [-0.39, 0.29) is 18.4 Å². The number of aromatic nitrogens is 3. The quantitative estimate of drug-likeness (QED) is 0.708. The number of anilines is 3. The zero-order valence-electron chi connectivity index (χ0n) is 12.0. The number of nitrogens with two attached hydrogens (primary N) is 1. The molecule has 0 radical (unpaired) electrons. The molecule has 9 nitrogen and oxygen atoms in total. The minimum atomic E-state index is 0.0492. The minimum Gasteiger partial charge on any atom is -0.378 e. The van der Waals surface area contributed by atoms with E-state index in [1.807, 2.05) is 9.80 Å². The fraction of sp³-hybridized carbons (Fsp3) is 0.667. The topological polar surface area (TPSA) is 101 Å². The Bertz CT molecular complexity index is 532. The molecule has 114 valence electrons. The van der Waals surface area contributed by atoms with Crippen LogP contribution in [0.5, 0.6) is 0 Å². The van der Waals surface area contributed by atoms with Gasteiger partial charge in [-0.05, 0) is 0 Å². The molecule has 1 aromatic rings. The molecule has 1 aromatic heterocycles.